The Morgan fingerprint density at radius 1 is 1.09 bits per heavy atom. The van der Waals surface area contributed by atoms with Crippen LogP contribution < -0.4 is 9.80 Å². The van der Waals surface area contributed by atoms with Crippen LogP contribution in [0.25, 0.3) is 5.95 Å². The van der Waals surface area contributed by atoms with E-state index in [4.69, 9.17) is 9.97 Å². The van der Waals surface area contributed by atoms with Gasteiger partial charge in [-0.1, -0.05) is 0 Å². The van der Waals surface area contributed by atoms with Crippen LogP contribution in [0.1, 0.15) is 44.0 Å². The Balaban J connectivity index is 1.65. The van der Waals surface area contributed by atoms with E-state index >= 15 is 0 Å². The van der Waals surface area contributed by atoms with Crippen molar-refractivity contribution in [2.24, 2.45) is 0 Å². The van der Waals surface area contributed by atoms with Gasteiger partial charge in [-0.05, 0) is 32.8 Å². The van der Waals surface area contributed by atoms with Gasteiger partial charge < -0.3 is 14.7 Å². The second kappa shape index (κ2) is 8.63. The molecule has 0 radical (unpaired) electrons. The zero-order valence-electron chi connectivity index (χ0n) is 19.2. The topological polar surface area (TPSA) is 70.4 Å². The molecule has 0 aromatic carbocycles. The molecule has 2 fully saturated rings. The number of hydrogen-bond donors (Lipinski definition) is 0. The fraction of sp³-hybridized carbons (Fsp3) is 0.636. The number of aryl methyl sites for hydroxylation is 2. The molecule has 2 aromatic heterocycles. The van der Waals surface area contributed by atoms with Gasteiger partial charge in [-0.2, -0.15) is 15.1 Å². The zero-order valence-corrected chi connectivity index (χ0v) is 19.2. The summed E-state index contributed by atoms with van der Waals surface area (Å²) in [5.41, 5.74) is 1.79. The molecule has 1 amide bonds. The normalized spacial score (nSPS) is 19.3. The lowest BCUT2D eigenvalue weighted by molar-refractivity contribution is -0.129. The quantitative estimate of drug-likeness (QED) is 0.718. The van der Waals surface area contributed by atoms with Gasteiger partial charge in [0.25, 0.3) is 5.95 Å². The minimum absolute atomic E-state index is 0.000222. The van der Waals surface area contributed by atoms with Gasteiger partial charge in [0.1, 0.15) is 11.6 Å². The van der Waals surface area contributed by atoms with E-state index in [-0.39, 0.29) is 24.8 Å². The highest BCUT2D eigenvalue weighted by atomic mass is 19.3. The molecule has 1 aliphatic heterocycles. The van der Waals surface area contributed by atoms with E-state index in [9.17, 15) is 13.6 Å². The van der Waals surface area contributed by atoms with Gasteiger partial charge in [-0.3, -0.25) is 4.79 Å². The highest BCUT2D eigenvalue weighted by Gasteiger charge is 2.36. The molecular weight excluding hydrogens is 416 g/mol. The summed E-state index contributed by atoms with van der Waals surface area (Å²) in [5, 5.41) is 4.54. The minimum Gasteiger partial charge on any atom is -0.356 e. The van der Waals surface area contributed by atoms with Gasteiger partial charge in [0.2, 0.25) is 11.8 Å². The number of carbonyl (C=O) groups is 1. The lowest BCUT2D eigenvalue weighted by Gasteiger charge is -2.37. The first-order valence-corrected chi connectivity index (χ1v) is 11.2. The van der Waals surface area contributed by atoms with E-state index in [0.717, 1.165) is 17.2 Å². The van der Waals surface area contributed by atoms with Gasteiger partial charge in [0, 0.05) is 70.8 Å². The largest absolute Gasteiger partial charge is 0.356 e. The van der Waals surface area contributed by atoms with Crippen LogP contribution >= 0.6 is 0 Å². The van der Waals surface area contributed by atoms with Crippen LogP contribution in [-0.4, -0.2) is 75.7 Å². The van der Waals surface area contributed by atoms with Crippen molar-refractivity contribution in [1.29, 1.82) is 0 Å². The van der Waals surface area contributed by atoms with Crippen molar-refractivity contribution in [3.8, 4) is 5.95 Å². The number of amides is 1. The van der Waals surface area contributed by atoms with E-state index in [1.807, 2.05) is 42.8 Å². The Bertz CT molecular complexity index is 975. The zero-order chi connectivity index (χ0) is 23.0. The predicted octanol–water partition coefficient (Wildman–Crippen LogP) is 2.96. The maximum atomic E-state index is 13.7. The van der Waals surface area contributed by atoms with E-state index in [2.05, 4.69) is 10.00 Å². The van der Waals surface area contributed by atoms with Crippen LogP contribution in [0, 0.1) is 13.8 Å². The molecule has 0 bridgehead atoms. The number of anilines is 2. The van der Waals surface area contributed by atoms with Crippen LogP contribution in [-0.2, 0) is 4.79 Å². The summed E-state index contributed by atoms with van der Waals surface area (Å²) in [5.74, 6) is -0.579. The van der Waals surface area contributed by atoms with E-state index in [1.54, 1.807) is 11.6 Å². The van der Waals surface area contributed by atoms with Crippen molar-refractivity contribution in [3.63, 3.8) is 0 Å². The van der Waals surface area contributed by atoms with Crippen molar-refractivity contribution < 1.29 is 13.6 Å². The van der Waals surface area contributed by atoms with Crippen molar-refractivity contribution >= 4 is 17.5 Å². The Morgan fingerprint density at radius 3 is 2.31 bits per heavy atom. The molecule has 2 aromatic rings. The maximum absolute atomic E-state index is 13.7. The highest BCUT2D eigenvalue weighted by Crippen LogP contribution is 2.36. The van der Waals surface area contributed by atoms with Crippen molar-refractivity contribution in [2.75, 3.05) is 43.0 Å². The number of carbonyl (C=O) groups excluding carboxylic acids is 1. The summed E-state index contributed by atoms with van der Waals surface area (Å²) in [4.78, 5) is 27.2. The molecule has 0 N–H and O–H groups in total. The van der Waals surface area contributed by atoms with Crippen LogP contribution in [0.3, 0.4) is 0 Å². The highest BCUT2D eigenvalue weighted by molar-refractivity contribution is 5.73. The van der Waals surface area contributed by atoms with Crippen molar-refractivity contribution in [1.82, 2.24) is 24.6 Å². The van der Waals surface area contributed by atoms with Gasteiger partial charge in [0.15, 0.2) is 0 Å². The Kier molecular flexibility index (Phi) is 6.05. The summed E-state index contributed by atoms with van der Waals surface area (Å²) in [6, 6.07) is 3.89. The lowest BCUT2D eigenvalue weighted by Crippen LogP contribution is -2.48. The molecule has 1 saturated heterocycles. The number of piperazine rings is 1. The van der Waals surface area contributed by atoms with Gasteiger partial charge in [-0.15, -0.1) is 0 Å². The lowest BCUT2D eigenvalue weighted by atomic mass is 9.91. The average Bonchev–Trinajstić information content (AvgIpc) is 3.11. The number of aromatic nitrogens is 4. The Labute approximate surface area is 187 Å². The summed E-state index contributed by atoms with van der Waals surface area (Å²) in [7, 11) is 1.92. The summed E-state index contributed by atoms with van der Waals surface area (Å²) in [6.45, 7) is 8.08. The molecule has 10 heteroatoms. The first-order valence-electron chi connectivity index (χ1n) is 11.2. The first-order chi connectivity index (χ1) is 15.1. The molecule has 4 rings (SSSR count). The standard InChI is InChI=1S/C22H31F2N7O/c1-15-13-16(2)31(27-15)21-25-19(28(4)18-5-7-22(23,24)8-6-18)14-20(26-21)30-11-9-29(10-12-30)17(3)32/h13-14,18H,5-12H2,1-4H3. The van der Waals surface area contributed by atoms with E-state index in [0.29, 0.717) is 50.8 Å². The third kappa shape index (κ3) is 4.68. The number of alkyl halides is 2. The molecule has 32 heavy (non-hydrogen) atoms. The third-order valence-corrected chi connectivity index (χ3v) is 6.53. The SMILES string of the molecule is CC(=O)N1CCN(c2cc(N(C)C3CCC(F)(F)CC3)nc(-n3nc(C)cc3C)n2)CC1. The van der Waals surface area contributed by atoms with Crippen LogP contribution in [0.4, 0.5) is 20.4 Å². The van der Waals surface area contributed by atoms with Crippen LogP contribution in [0.5, 0.6) is 0 Å². The molecular formula is C22H31F2N7O. The Hall–Kier alpha value is -2.78. The minimum atomic E-state index is -2.57. The molecule has 1 aliphatic carbocycles. The molecule has 0 spiro atoms. The molecule has 8 nitrogen and oxygen atoms in total. The van der Waals surface area contributed by atoms with Gasteiger partial charge in [-0.25, -0.2) is 13.5 Å². The first kappa shape index (κ1) is 22.4. The summed E-state index contributed by atoms with van der Waals surface area (Å²) in [6.07, 6.45) is 0.652. The van der Waals surface area contributed by atoms with Gasteiger partial charge in [0.05, 0.1) is 5.69 Å². The summed E-state index contributed by atoms with van der Waals surface area (Å²) >= 11 is 0. The summed E-state index contributed by atoms with van der Waals surface area (Å²) < 4.78 is 29.1. The predicted molar refractivity (Wildman–Crippen MR) is 119 cm³/mol. The second-order valence-electron chi connectivity index (χ2n) is 8.91. The monoisotopic (exact) mass is 447 g/mol. The van der Waals surface area contributed by atoms with Crippen molar-refractivity contribution in [3.05, 3.63) is 23.5 Å². The Morgan fingerprint density at radius 2 is 1.75 bits per heavy atom. The van der Waals surface area contributed by atoms with Crippen LogP contribution in [0.2, 0.25) is 0 Å². The molecule has 3 heterocycles. The van der Waals surface area contributed by atoms with Crippen LogP contribution in [0.15, 0.2) is 12.1 Å². The van der Waals surface area contributed by atoms with E-state index in [1.165, 1.54) is 0 Å². The smallest absolute Gasteiger partial charge is 0.254 e. The molecule has 2 aliphatic rings. The fourth-order valence-electron chi connectivity index (χ4n) is 4.53. The molecule has 174 valence electrons. The molecule has 0 unspecified atom stereocenters. The maximum Gasteiger partial charge on any atom is 0.254 e. The third-order valence-electron chi connectivity index (χ3n) is 6.53. The number of rotatable bonds is 4. The van der Waals surface area contributed by atoms with Gasteiger partial charge >= 0.3 is 0 Å². The van der Waals surface area contributed by atoms with E-state index < -0.39 is 5.92 Å². The molecule has 1 saturated carbocycles. The second-order valence-corrected chi connectivity index (χ2v) is 8.91. The molecule has 0 atom stereocenters. The average molecular weight is 448 g/mol. The fourth-order valence-corrected chi connectivity index (χ4v) is 4.53. The number of nitrogens with zero attached hydrogens (tertiary/aromatic N) is 7. The van der Waals surface area contributed by atoms with Crippen molar-refractivity contribution in [2.45, 2.75) is 58.4 Å². The number of hydrogen-bond acceptors (Lipinski definition) is 6. The number of halogens is 2.